The summed E-state index contributed by atoms with van der Waals surface area (Å²) >= 11 is 0. The van der Waals surface area contributed by atoms with Gasteiger partial charge in [-0.1, -0.05) is 43.7 Å². The predicted octanol–water partition coefficient (Wildman–Crippen LogP) is 2.43. The number of hydrogen-bond donors (Lipinski definition) is 1. The van der Waals surface area contributed by atoms with Crippen LogP contribution in [0.15, 0.2) is 30.3 Å². The van der Waals surface area contributed by atoms with E-state index >= 15 is 0 Å². The highest BCUT2D eigenvalue weighted by Gasteiger charge is 2.09. The molecule has 0 heterocycles. The molecule has 0 spiro atoms. The van der Waals surface area contributed by atoms with Gasteiger partial charge in [0, 0.05) is 6.42 Å². The Morgan fingerprint density at radius 2 is 2.12 bits per heavy atom. The van der Waals surface area contributed by atoms with Crippen LogP contribution in [0.2, 0.25) is 0 Å². The monoisotopic (exact) mass is 230 g/mol. The maximum atomic E-state index is 11.6. The van der Waals surface area contributed by atoms with Crippen molar-refractivity contribution in [2.24, 2.45) is 0 Å². The molecule has 3 heteroatoms. The molecule has 0 aliphatic rings. The van der Waals surface area contributed by atoms with Crippen LogP contribution in [-0.4, -0.2) is 11.9 Å². The van der Waals surface area contributed by atoms with E-state index < -0.39 is 0 Å². The highest BCUT2D eigenvalue weighted by Crippen LogP contribution is 2.03. The topological polar surface area (TPSA) is 52.9 Å². The largest absolute Gasteiger partial charge is 0.340 e. The van der Waals surface area contributed by atoms with Crippen molar-refractivity contribution in [3.05, 3.63) is 35.9 Å². The number of aryl methyl sites for hydroxylation is 1. The van der Waals surface area contributed by atoms with Crippen molar-refractivity contribution in [2.45, 2.75) is 38.6 Å². The molecule has 1 atom stereocenters. The van der Waals surface area contributed by atoms with Crippen molar-refractivity contribution in [3.8, 4) is 6.07 Å². The summed E-state index contributed by atoms with van der Waals surface area (Å²) in [4.78, 5) is 11.6. The van der Waals surface area contributed by atoms with Gasteiger partial charge in [0.25, 0.3) is 0 Å². The molecule has 3 nitrogen and oxygen atoms in total. The molecule has 0 aliphatic heterocycles. The molecular formula is C14H18N2O. The smallest absolute Gasteiger partial charge is 0.221 e. The van der Waals surface area contributed by atoms with E-state index in [2.05, 4.69) is 11.4 Å². The van der Waals surface area contributed by atoms with Gasteiger partial charge >= 0.3 is 0 Å². The third-order valence-electron chi connectivity index (χ3n) is 2.55. The molecule has 0 radical (unpaired) electrons. The van der Waals surface area contributed by atoms with Gasteiger partial charge in [0.2, 0.25) is 5.91 Å². The maximum absolute atomic E-state index is 11.6. The Labute approximate surface area is 102 Å². The summed E-state index contributed by atoms with van der Waals surface area (Å²) in [5.41, 5.74) is 1.15. The van der Waals surface area contributed by atoms with E-state index in [1.54, 1.807) is 0 Å². The van der Waals surface area contributed by atoms with Gasteiger partial charge in [-0.15, -0.1) is 0 Å². The Balaban J connectivity index is 2.33. The van der Waals surface area contributed by atoms with Crippen LogP contribution < -0.4 is 5.32 Å². The normalized spacial score (nSPS) is 11.5. The lowest BCUT2D eigenvalue weighted by Gasteiger charge is -2.10. The number of nitrogens with one attached hydrogen (secondary N) is 1. The minimum atomic E-state index is -0.344. The molecule has 1 amide bonds. The summed E-state index contributed by atoms with van der Waals surface area (Å²) in [5.74, 6) is -0.0474. The third-order valence-corrected chi connectivity index (χ3v) is 2.55. The minimum Gasteiger partial charge on any atom is -0.340 e. The van der Waals surface area contributed by atoms with Crippen molar-refractivity contribution in [1.29, 1.82) is 5.26 Å². The summed E-state index contributed by atoms with van der Waals surface area (Å²) in [6.07, 6.45) is 2.77. The first-order valence-electron chi connectivity index (χ1n) is 5.99. The van der Waals surface area contributed by atoms with E-state index in [1.807, 2.05) is 37.3 Å². The molecule has 0 bridgehead atoms. The fourth-order valence-corrected chi connectivity index (χ4v) is 1.63. The molecule has 1 N–H and O–H groups in total. The van der Waals surface area contributed by atoms with Gasteiger partial charge in [-0.2, -0.15) is 5.26 Å². The maximum Gasteiger partial charge on any atom is 0.221 e. The summed E-state index contributed by atoms with van der Waals surface area (Å²) in [6.45, 7) is 2.00. The SMILES string of the molecule is CCCC(C#N)NC(=O)CCc1ccccc1. The predicted molar refractivity (Wildman–Crippen MR) is 67.2 cm³/mol. The summed E-state index contributed by atoms with van der Waals surface area (Å²) in [7, 11) is 0. The van der Waals surface area contributed by atoms with Crippen LogP contribution in [0, 0.1) is 11.3 Å². The molecule has 0 saturated heterocycles. The van der Waals surface area contributed by atoms with Gasteiger partial charge in [-0.25, -0.2) is 0 Å². The molecule has 17 heavy (non-hydrogen) atoms. The second-order valence-electron chi connectivity index (χ2n) is 4.02. The summed E-state index contributed by atoms with van der Waals surface area (Å²) < 4.78 is 0. The quantitative estimate of drug-likeness (QED) is 0.816. The van der Waals surface area contributed by atoms with Gasteiger partial charge in [0.15, 0.2) is 0 Å². The highest BCUT2D eigenvalue weighted by molar-refractivity contribution is 5.76. The van der Waals surface area contributed by atoms with Crippen LogP contribution in [0.4, 0.5) is 0 Å². The second-order valence-corrected chi connectivity index (χ2v) is 4.02. The zero-order valence-electron chi connectivity index (χ0n) is 10.1. The lowest BCUT2D eigenvalue weighted by Crippen LogP contribution is -2.33. The Morgan fingerprint density at radius 3 is 2.71 bits per heavy atom. The third kappa shape index (κ3) is 5.17. The molecule has 1 unspecified atom stereocenters. The van der Waals surface area contributed by atoms with Crippen LogP contribution in [-0.2, 0) is 11.2 Å². The van der Waals surface area contributed by atoms with Crippen LogP contribution in [0.3, 0.4) is 0 Å². The summed E-state index contributed by atoms with van der Waals surface area (Å²) in [6, 6.07) is 11.6. The minimum absolute atomic E-state index is 0.0474. The number of benzene rings is 1. The number of rotatable bonds is 6. The van der Waals surface area contributed by atoms with Gasteiger partial charge in [0.05, 0.1) is 6.07 Å². The Bertz CT molecular complexity index is 381. The highest BCUT2D eigenvalue weighted by atomic mass is 16.1. The van der Waals surface area contributed by atoms with Crippen LogP contribution in [0.25, 0.3) is 0 Å². The Morgan fingerprint density at radius 1 is 1.41 bits per heavy atom. The molecule has 90 valence electrons. The van der Waals surface area contributed by atoms with Gasteiger partial charge in [-0.3, -0.25) is 4.79 Å². The van der Waals surface area contributed by atoms with Crippen molar-refractivity contribution in [3.63, 3.8) is 0 Å². The lowest BCUT2D eigenvalue weighted by atomic mass is 10.1. The van der Waals surface area contributed by atoms with E-state index in [0.717, 1.165) is 18.4 Å². The standard InChI is InChI=1S/C14H18N2O/c1-2-6-13(11-15)16-14(17)10-9-12-7-4-3-5-8-12/h3-5,7-8,13H,2,6,9-10H2,1H3,(H,16,17). The van der Waals surface area contributed by atoms with Crippen molar-refractivity contribution in [1.82, 2.24) is 5.32 Å². The second kappa shape index (κ2) is 7.45. The van der Waals surface area contributed by atoms with Crippen LogP contribution in [0.1, 0.15) is 31.7 Å². The fraction of sp³-hybridized carbons (Fsp3) is 0.429. The first-order chi connectivity index (χ1) is 8.26. The molecule has 1 aromatic rings. The van der Waals surface area contributed by atoms with Gasteiger partial charge in [0.1, 0.15) is 6.04 Å². The average molecular weight is 230 g/mol. The lowest BCUT2D eigenvalue weighted by molar-refractivity contribution is -0.121. The van der Waals surface area contributed by atoms with E-state index in [1.165, 1.54) is 0 Å². The first-order valence-corrected chi connectivity index (χ1v) is 5.99. The molecule has 0 aliphatic carbocycles. The van der Waals surface area contributed by atoms with Crippen LogP contribution >= 0.6 is 0 Å². The zero-order valence-corrected chi connectivity index (χ0v) is 10.1. The zero-order chi connectivity index (χ0) is 12.5. The van der Waals surface area contributed by atoms with E-state index in [9.17, 15) is 4.79 Å². The molecule has 0 fully saturated rings. The van der Waals surface area contributed by atoms with Crippen molar-refractivity contribution >= 4 is 5.91 Å². The molecule has 1 aromatic carbocycles. The number of nitriles is 1. The van der Waals surface area contributed by atoms with E-state index in [-0.39, 0.29) is 11.9 Å². The number of nitrogens with zero attached hydrogens (tertiary/aromatic N) is 1. The first kappa shape index (κ1) is 13.2. The van der Waals surface area contributed by atoms with Crippen LogP contribution in [0.5, 0.6) is 0 Å². The van der Waals surface area contributed by atoms with Gasteiger partial charge < -0.3 is 5.32 Å². The molecular weight excluding hydrogens is 212 g/mol. The number of carbonyl (C=O) groups is 1. The molecule has 1 rings (SSSR count). The Hall–Kier alpha value is -1.82. The van der Waals surface area contributed by atoms with Crippen molar-refractivity contribution in [2.75, 3.05) is 0 Å². The number of amides is 1. The van der Waals surface area contributed by atoms with Gasteiger partial charge in [-0.05, 0) is 18.4 Å². The fourth-order valence-electron chi connectivity index (χ4n) is 1.63. The average Bonchev–Trinajstić information content (AvgIpc) is 2.37. The molecule has 0 aromatic heterocycles. The summed E-state index contributed by atoms with van der Waals surface area (Å²) in [5, 5.41) is 11.6. The number of hydrogen-bond acceptors (Lipinski definition) is 2. The molecule has 0 saturated carbocycles. The van der Waals surface area contributed by atoms with E-state index in [0.29, 0.717) is 12.8 Å². The van der Waals surface area contributed by atoms with E-state index in [4.69, 9.17) is 5.26 Å². The van der Waals surface area contributed by atoms with Crippen molar-refractivity contribution < 1.29 is 4.79 Å². The Kier molecular flexibility index (Phi) is 5.81. The number of carbonyl (C=O) groups excluding carboxylic acids is 1.